The molecule has 2 aromatic carbocycles. The molecule has 0 saturated carbocycles. The van der Waals surface area contributed by atoms with Gasteiger partial charge in [-0.3, -0.25) is 9.69 Å². The second-order valence-corrected chi connectivity index (χ2v) is 6.93. The highest BCUT2D eigenvalue weighted by Crippen LogP contribution is 2.21. The van der Waals surface area contributed by atoms with Crippen molar-refractivity contribution in [1.82, 2.24) is 14.9 Å². The number of nitrogens with zero attached hydrogens (tertiary/aromatic N) is 4. The van der Waals surface area contributed by atoms with Gasteiger partial charge in [-0.1, -0.05) is 18.2 Å². The molecule has 4 rings (SSSR count). The van der Waals surface area contributed by atoms with E-state index in [1.807, 2.05) is 30.3 Å². The summed E-state index contributed by atoms with van der Waals surface area (Å²) in [6, 6.07) is 16.9. The fourth-order valence-electron chi connectivity index (χ4n) is 3.20. The van der Waals surface area contributed by atoms with Crippen LogP contribution in [0.15, 0.2) is 66.9 Å². The molecule has 0 atom stereocenters. The van der Waals surface area contributed by atoms with E-state index in [1.54, 1.807) is 24.4 Å². The molecule has 7 nitrogen and oxygen atoms in total. The highest BCUT2D eigenvalue weighted by Gasteiger charge is 2.21. The molecule has 1 saturated heterocycles. The Labute approximate surface area is 174 Å². The minimum Gasteiger partial charge on any atom is -0.439 e. The maximum absolute atomic E-state index is 13.0. The first-order valence-electron chi connectivity index (χ1n) is 9.74. The van der Waals surface area contributed by atoms with E-state index in [0.717, 1.165) is 18.8 Å². The summed E-state index contributed by atoms with van der Waals surface area (Å²) >= 11 is 0. The van der Waals surface area contributed by atoms with Gasteiger partial charge < -0.3 is 15.0 Å². The Morgan fingerprint density at radius 2 is 1.73 bits per heavy atom. The number of carbonyl (C=O) groups excluding carboxylic acids is 1. The van der Waals surface area contributed by atoms with Gasteiger partial charge in [0.1, 0.15) is 11.6 Å². The second kappa shape index (κ2) is 9.32. The summed E-state index contributed by atoms with van der Waals surface area (Å²) in [5.74, 6) is 1.14. The largest absolute Gasteiger partial charge is 0.439 e. The van der Waals surface area contributed by atoms with Crippen LogP contribution in [0.5, 0.6) is 11.6 Å². The van der Waals surface area contributed by atoms with Gasteiger partial charge in [0.15, 0.2) is 0 Å². The predicted octanol–water partition coefficient (Wildman–Crippen LogP) is 3.17. The number of benzene rings is 2. The van der Waals surface area contributed by atoms with Crippen LogP contribution in [0, 0.1) is 5.82 Å². The molecular formula is C22H22FN5O2. The molecule has 0 bridgehead atoms. The number of hydrogen-bond acceptors (Lipinski definition) is 6. The lowest BCUT2D eigenvalue weighted by Crippen LogP contribution is -2.49. The second-order valence-electron chi connectivity index (χ2n) is 6.93. The molecule has 30 heavy (non-hydrogen) atoms. The molecule has 154 valence electrons. The molecule has 1 amide bonds. The van der Waals surface area contributed by atoms with Gasteiger partial charge in [-0.25, -0.2) is 9.37 Å². The van der Waals surface area contributed by atoms with Crippen LogP contribution in [-0.4, -0.2) is 53.5 Å². The van der Waals surface area contributed by atoms with Crippen LogP contribution in [0.4, 0.5) is 16.0 Å². The van der Waals surface area contributed by atoms with Gasteiger partial charge >= 0.3 is 0 Å². The molecule has 1 aliphatic heterocycles. The summed E-state index contributed by atoms with van der Waals surface area (Å²) in [5, 5.41) is 2.91. The number of anilines is 2. The minimum absolute atomic E-state index is 0.0272. The van der Waals surface area contributed by atoms with Gasteiger partial charge in [0.25, 0.3) is 0 Å². The van der Waals surface area contributed by atoms with Gasteiger partial charge in [-0.05, 0) is 36.4 Å². The number of aromatic nitrogens is 2. The van der Waals surface area contributed by atoms with Crippen LogP contribution in [-0.2, 0) is 4.79 Å². The third-order valence-electron chi connectivity index (χ3n) is 4.73. The SMILES string of the molecule is O=C(CN1CCN(c2nccc(Oc3ccc(F)cc3)n2)CC1)Nc1ccccc1. The van der Waals surface area contributed by atoms with Crippen LogP contribution in [0.25, 0.3) is 0 Å². The van der Waals surface area contributed by atoms with Gasteiger partial charge in [0, 0.05) is 44.1 Å². The zero-order valence-corrected chi connectivity index (χ0v) is 16.4. The third-order valence-corrected chi connectivity index (χ3v) is 4.73. The molecule has 0 unspecified atom stereocenters. The zero-order chi connectivity index (χ0) is 20.8. The summed E-state index contributed by atoms with van der Waals surface area (Å²) in [6.07, 6.45) is 1.64. The topological polar surface area (TPSA) is 70.6 Å². The van der Waals surface area contributed by atoms with Gasteiger partial charge in [-0.15, -0.1) is 0 Å². The first-order valence-corrected chi connectivity index (χ1v) is 9.74. The van der Waals surface area contributed by atoms with Crippen molar-refractivity contribution in [2.75, 3.05) is 42.9 Å². The Hall–Kier alpha value is -3.52. The summed E-state index contributed by atoms with van der Waals surface area (Å²) < 4.78 is 18.7. The van der Waals surface area contributed by atoms with Crippen LogP contribution in [0.1, 0.15) is 0 Å². The van der Waals surface area contributed by atoms with Gasteiger partial charge in [0.05, 0.1) is 6.54 Å². The monoisotopic (exact) mass is 407 g/mol. The highest BCUT2D eigenvalue weighted by atomic mass is 19.1. The average molecular weight is 407 g/mol. The Kier molecular flexibility index (Phi) is 6.14. The average Bonchev–Trinajstić information content (AvgIpc) is 2.77. The lowest BCUT2D eigenvalue weighted by atomic mass is 10.3. The number of rotatable bonds is 6. The van der Waals surface area contributed by atoms with E-state index in [2.05, 4.69) is 25.1 Å². The standard InChI is InChI=1S/C22H22FN5O2/c23-17-6-8-19(9-7-17)30-21-10-11-24-22(26-21)28-14-12-27(13-15-28)16-20(29)25-18-4-2-1-3-5-18/h1-11H,12-16H2,(H,25,29). The van der Waals surface area contributed by atoms with Crippen LogP contribution < -0.4 is 15.0 Å². The van der Waals surface area contributed by atoms with E-state index in [9.17, 15) is 9.18 Å². The van der Waals surface area contributed by atoms with Crippen molar-refractivity contribution in [2.45, 2.75) is 0 Å². The van der Waals surface area contributed by atoms with Gasteiger partial charge in [-0.2, -0.15) is 4.98 Å². The van der Waals surface area contributed by atoms with Crippen molar-refractivity contribution >= 4 is 17.5 Å². The molecule has 1 N–H and O–H groups in total. The van der Waals surface area contributed by atoms with Crippen molar-refractivity contribution < 1.29 is 13.9 Å². The smallest absolute Gasteiger partial charge is 0.238 e. The number of amides is 1. The molecule has 2 heterocycles. The van der Waals surface area contributed by atoms with E-state index in [0.29, 0.717) is 37.2 Å². The quantitative estimate of drug-likeness (QED) is 0.677. The molecule has 0 radical (unpaired) electrons. The molecule has 8 heteroatoms. The lowest BCUT2D eigenvalue weighted by molar-refractivity contribution is -0.117. The van der Waals surface area contributed by atoms with Crippen LogP contribution in [0.3, 0.4) is 0 Å². The van der Waals surface area contributed by atoms with Crippen molar-refractivity contribution in [3.63, 3.8) is 0 Å². The summed E-state index contributed by atoms with van der Waals surface area (Å²) in [5.41, 5.74) is 0.799. The normalized spacial score (nSPS) is 14.4. The maximum Gasteiger partial charge on any atom is 0.238 e. The van der Waals surface area contributed by atoms with E-state index in [1.165, 1.54) is 12.1 Å². The van der Waals surface area contributed by atoms with Crippen LogP contribution >= 0.6 is 0 Å². The minimum atomic E-state index is -0.318. The van der Waals surface area contributed by atoms with Crippen molar-refractivity contribution in [3.8, 4) is 11.6 Å². The fourth-order valence-corrected chi connectivity index (χ4v) is 3.20. The first kappa shape index (κ1) is 19.8. The summed E-state index contributed by atoms with van der Waals surface area (Å²) in [7, 11) is 0. The number of hydrogen-bond donors (Lipinski definition) is 1. The molecule has 3 aromatic rings. The Balaban J connectivity index is 1.29. The van der Waals surface area contributed by atoms with Crippen molar-refractivity contribution in [1.29, 1.82) is 0 Å². The van der Waals surface area contributed by atoms with E-state index >= 15 is 0 Å². The van der Waals surface area contributed by atoms with Crippen molar-refractivity contribution in [2.24, 2.45) is 0 Å². The third kappa shape index (κ3) is 5.30. The molecule has 1 aromatic heterocycles. The Morgan fingerprint density at radius 1 is 1.00 bits per heavy atom. The highest BCUT2D eigenvalue weighted by molar-refractivity contribution is 5.92. The number of piperazine rings is 1. The zero-order valence-electron chi connectivity index (χ0n) is 16.4. The first-order chi connectivity index (χ1) is 14.7. The van der Waals surface area contributed by atoms with Gasteiger partial charge in [0.2, 0.25) is 17.7 Å². The predicted molar refractivity (Wildman–Crippen MR) is 112 cm³/mol. The Morgan fingerprint density at radius 3 is 2.47 bits per heavy atom. The summed E-state index contributed by atoms with van der Waals surface area (Å²) in [4.78, 5) is 25.2. The molecule has 1 fully saturated rings. The van der Waals surface area contributed by atoms with E-state index < -0.39 is 0 Å². The van der Waals surface area contributed by atoms with E-state index in [4.69, 9.17) is 4.74 Å². The maximum atomic E-state index is 13.0. The van der Waals surface area contributed by atoms with Crippen molar-refractivity contribution in [3.05, 3.63) is 72.7 Å². The van der Waals surface area contributed by atoms with Crippen LogP contribution in [0.2, 0.25) is 0 Å². The number of nitrogens with one attached hydrogen (secondary N) is 1. The number of carbonyl (C=O) groups is 1. The molecule has 0 aliphatic carbocycles. The molecular weight excluding hydrogens is 385 g/mol. The van der Waals surface area contributed by atoms with E-state index in [-0.39, 0.29) is 11.7 Å². The number of para-hydroxylation sites is 1. The number of ether oxygens (including phenoxy) is 1. The molecule has 0 spiro atoms. The molecule has 1 aliphatic rings. The summed E-state index contributed by atoms with van der Waals surface area (Å²) in [6.45, 7) is 3.22. The Bertz CT molecular complexity index is 976. The number of halogens is 1. The lowest BCUT2D eigenvalue weighted by Gasteiger charge is -2.34. The fraction of sp³-hybridized carbons (Fsp3) is 0.227.